The molecule has 0 amide bonds. The molecule has 0 aliphatic heterocycles. The molecule has 0 atom stereocenters. The van der Waals surface area contributed by atoms with Gasteiger partial charge in [-0.15, -0.1) is 0 Å². The second kappa shape index (κ2) is 6.31. The number of carbonyl (C=O) groups excluding carboxylic acids is 2. The maximum Gasteiger partial charge on any atom is 0.190 e. The first-order valence-corrected chi connectivity index (χ1v) is 9.36. The highest BCUT2D eigenvalue weighted by Gasteiger charge is 2.33. The van der Waals surface area contributed by atoms with Crippen molar-refractivity contribution in [1.82, 2.24) is 0 Å². The molecule has 0 bridgehead atoms. The third-order valence-corrected chi connectivity index (χ3v) is 5.78. The van der Waals surface area contributed by atoms with E-state index in [-0.39, 0.29) is 17.0 Å². The first kappa shape index (κ1) is 17.4. The second-order valence-corrected chi connectivity index (χ2v) is 7.74. The lowest BCUT2D eigenvalue weighted by Gasteiger charge is -2.31. The summed E-state index contributed by atoms with van der Waals surface area (Å²) in [5.74, 6) is 0.124. The van der Waals surface area contributed by atoms with E-state index in [1.54, 1.807) is 6.08 Å². The molecule has 2 aliphatic carbocycles. The predicted octanol–water partition coefficient (Wildman–Crippen LogP) is 5.91. The van der Waals surface area contributed by atoms with Gasteiger partial charge in [-0.3, -0.25) is 9.59 Å². The molecule has 0 fully saturated rings. The number of hydrogen-bond donors (Lipinski definition) is 0. The minimum Gasteiger partial charge on any atom is -0.289 e. The van der Waals surface area contributed by atoms with E-state index in [1.165, 1.54) is 0 Å². The zero-order chi connectivity index (χ0) is 19.2. The Balaban J connectivity index is 2.06. The summed E-state index contributed by atoms with van der Waals surface area (Å²) in [7, 11) is 0. The monoisotopic (exact) mass is 354 g/mol. The molecule has 2 aromatic rings. The van der Waals surface area contributed by atoms with Crippen molar-refractivity contribution < 1.29 is 9.59 Å². The van der Waals surface area contributed by atoms with Gasteiger partial charge < -0.3 is 0 Å². The Kier molecular flexibility index (Phi) is 4.07. The summed E-state index contributed by atoms with van der Waals surface area (Å²) in [4.78, 5) is 25.5. The average Bonchev–Trinajstić information content (AvgIpc) is 2.69. The van der Waals surface area contributed by atoms with Gasteiger partial charge in [0.2, 0.25) is 0 Å². The summed E-state index contributed by atoms with van der Waals surface area (Å²) < 4.78 is 0. The van der Waals surface area contributed by atoms with Crippen LogP contribution >= 0.6 is 0 Å². The van der Waals surface area contributed by atoms with Gasteiger partial charge in [0.25, 0.3) is 0 Å². The Morgan fingerprint density at radius 2 is 1.30 bits per heavy atom. The van der Waals surface area contributed by atoms with E-state index >= 15 is 0 Å². The molecule has 0 saturated carbocycles. The van der Waals surface area contributed by atoms with Gasteiger partial charge >= 0.3 is 0 Å². The summed E-state index contributed by atoms with van der Waals surface area (Å²) >= 11 is 0. The number of carbonyl (C=O) groups is 2. The van der Waals surface area contributed by atoms with Gasteiger partial charge in [0.1, 0.15) is 0 Å². The largest absolute Gasteiger partial charge is 0.289 e. The van der Waals surface area contributed by atoms with Gasteiger partial charge in [-0.2, -0.15) is 0 Å². The molecule has 0 radical (unpaired) electrons. The molecular formula is C25H22O2. The molecule has 0 spiro atoms. The summed E-state index contributed by atoms with van der Waals surface area (Å²) in [5, 5.41) is 0. The van der Waals surface area contributed by atoms with Crippen LogP contribution in [0.4, 0.5) is 0 Å². The van der Waals surface area contributed by atoms with Crippen molar-refractivity contribution >= 4 is 22.7 Å². The predicted molar refractivity (Wildman–Crippen MR) is 110 cm³/mol. The summed E-state index contributed by atoms with van der Waals surface area (Å²) in [5.41, 5.74) is 5.92. The Bertz CT molecular complexity index is 1060. The van der Waals surface area contributed by atoms with Crippen molar-refractivity contribution in [2.45, 2.75) is 27.2 Å². The summed E-state index contributed by atoms with van der Waals surface area (Å²) in [6.07, 6.45) is 6.43. The van der Waals surface area contributed by atoms with Crippen molar-refractivity contribution in [2.24, 2.45) is 5.41 Å². The van der Waals surface area contributed by atoms with Crippen LogP contribution in [0.15, 0.2) is 72.3 Å². The molecule has 0 saturated heterocycles. The lowest BCUT2D eigenvalue weighted by molar-refractivity contribution is 0.100. The smallest absolute Gasteiger partial charge is 0.190 e. The third kappa shape index (κ3) is 2.73. The maximum atomic E-state index is 13.2. The molecule has 2 heteroatoms. The Labute approximate surface area is 159 Å². The number of fused-ring (bicyclic) bond motifs is 2. The lowest BCUT2D eigenvalue weighted by atomic mass is 9.72. The number of rotatable bonds is 2. The molecular weight excluding hydrogens is 332 g/mol. The van der Waals surface area contributed by atoms with Crippen LogP contribution in [0.2, 0.25) is 0 Å². The number of allylic oxidation sites excluding steroid dienone is 6. The van der Waals surface area contributed by atoms with Gasteiger partial charge in [-0.1, -0.05) is 69.3 Å². The standard InChI is InChI=1S/C25H22O2/c1-4-25(2,3)22-15-21(17-10-6-8-12-20(17)24(22)27)18-13-14-23(26)19-11-7-5-9-16(18)19/h5-15H,4H2,1-3H3/b21-18+. The van der Waals surface area contributed by atoms with Crippen molar-refractivity contribution in [3.63, 3.8) is 0 Å². The van der Waals surface area contributed by atoms with E-state index in [0.717, 1.165) is 39.8 Å². The summed E-state index contributed by atoms with van der Waals surface area (Å²) in [6.45, 7) is 6.33. The molecule has 27 heavy (non-hydrogen) atoms. The normalized spacial score (nSPS) is 18.9. The fourth-order valence-corrected chi connectivity index (χ4v) is 3.77. The van der Waals surface area contributed by atoms with Crippen LogP contribution in [0.1, 0.15) is 59.0 Å². The van der Waals surface area contributed by atoms with Crippen LogP contribution in [-0.4, -0.2) is 11.6 Å². The molecule has 134 valence electrons. The second-order valence-electron chi connectivity index (χ2n) is 7.74. The Morgan fingerprint density at radius 3 is 1.93 bits per heavy atom. The molecule has 2 aromatic carbocycles. The molecule has 0 aromatic heterocycles. The van der Waals surface area contributed by atoms with Gasteiger partial charge in [0.05, 0.1) is 0 Å². The van der Waals surface area contributed by atoms with Gasteiger partial charge in [0.15, 0.2) is 11.6 Å². The van der Waals surface area contributed by atoms with E-state index in [1.807, 2.05) is 60.7 Å². The van der Waals surface area contributed by atoms with Crippen molar-refractivity contribution in [3.8, 4) is 0 Å². The highest BCUT2D eigenvalue weighted by Crippen LogP contribution is 2.43. The lowest BCUT2D eigenvalue weighted by Crippen LogP contribution is -2.24. The number of hydrogen-bond acceptors (Lipinski definition) is 2. The van der Waals surface area contributed by atoms with E-state index in [2.05, 4.69) is 20.8 Å². The summed E-state index contributed by atoms with van der Waals surface area (Å²) in [6, 6.07) is 15.5. The van der Waals surface area contributed by atoms with Crippen molar-refractivity contribution in [1.29, 1.82) is 0 Å². The molecule has 0 unspecified atom stereocenters. The van der Waals surface area contributed by atoms with Crippen LogP contribution in [0, 0.1) is 5.41 Å². The fraction of sp³-hybridized carbons (Fsp3) is 0.200. The highest BCUT2D eigenvalue weighted by molar-refractivity contribution is 6.22. The molecule has 2 nitrogen and oxygen atoms in total. The Hall–Kier alpha value is -3.00. The fourth-order valence-electron chi connectivity index (χ4n) is 3.77. The maximum absolute atomic E-state index is 13.2. The Morgan fingerprint density at radius 1 is 0.741 bits per heavy atom. The minimum absolute atomic E-state index is 0.0215. The topological polar surface area (TPSA) is 34.1 Å². The van der Waals surface area contributed by atoms with E-state index < -0.39 is 0 Å². The van der Waals surface area contributed by atoms with Crippen molar-refractivity contribution in [2.75, 3.05) is 0 Å². The first-order valence-electron chi connectivity index (χ1n) is 9.36. The molecule has 2 aliphatic rings. The number of Topliss-reactive ketones (excluding diaryl/α,β-unsaturated/α-hetero) is 1. The van der Waals surface area contributed by atoms with Crippen LogP contribution in [0.5, 0.6) is 0 Å². The van der Waals surface area contributed by atoms with Crippen LogP contribution in [0.3, 0.4) is 0 Å². The van der Waals surface area contributed by atoms with Crippen LogP contribution in [0.25, 0.3) is 11.1 Å². The number of benzene rings is 2. The average molecular weight is 354 g/mol. The minimum atomic E-state index is -0.218. The molecule has 0 N–H and O–H groups in total. The van der Waals surface area contributed by atoms with Crippen LogP contribution in [-0.2, 0) is 0 Å². The highest BCUT2D eigenvalue weighted by atomic mass is 16.1. The zero-order valence-electron chi connectivity index (χ0n) is 15.9. The number of ketones is 2. The molecule has 0 heterocycles. The third-order valence-electron chi connectivity index (χ3n) is 5.78. The SMILES string of the molecule is CCC(C)(C)C1=C/C(=C2/C=CC(=O)c3ccccc32)c2ccccc2C1=O. The van der Waals surface area contributed by atoms with E-state index in [9.17, 15) is 9.59 Å². The van der Waals surface area contributed by atoms with Gasteiger partial charge in [-0.05, 0) is 52.3 Å². The van der Waals surface area contributed by atoms with E-state index in [4.69, 9.17) is 0 Å². The van der Waals surface area contributed by atoms with E-state index in [0.29, 0.717) is 5.56 Å². The molecule has 4 rings (SSSR count). The van der Waals surface area contributed by atoms with Crippen LogP contribution < -0.4 is 0 Å². The van der Waals surface area contributed by atoms with Gasteiger partial charge in [0, 0.05) is 16.7 Å². The first-order chi connectivity index (χ1) is 12.9. The van der Waals surface area contributed by atoms with Crippen molar-refractivity contribution in [3.05, 3.63) is 94.6 Å². The van der Waals surface area contributed by atoms with Gasteiger partial charge in [-0.25, -0.2) is 0 Å². The zero-order valence-corrected chi connectivity index (χ0v) is 15.9. The quantitative estimate of drug-likeness (QED) is 0.672.